The minimum atomic E-state index is -1.90. The van der Waals surface area contributed by atoms with E-state index in [4.69, 9.17) is 9.84 Å². The van der Waals surface area contributed by atoms with Crippen LogP contribution in [0.4, 0.5) is 0 Å². The molecular weight excluding hydrogens is 212 g/mol. The van der Waals surface area contributed by atoms with E-state index in [0.717, 1.165) is 5.57 Å². The summed E-state index contributed by atoms with van der Waals surface area (Å²) >= 11 is 0. The second-order valence-corrected chi connectivity index (χ2v) is 4.79. The summed E-state index contributed by atoms with van der Waals surface area (Å²) in [6.45, 7) is 4.59. The van der Waals surface area contributed by atoms with Gasteiger partial charge in [-0.3, -0.25) is 0 Å². The number of aliphatic carboxylic acids is 1. The van der Waals surface area contributed by atoms with Gasteiger partial charge in [-0.15, -0.1) is 0 Å². The number of aliphatic hydroxyl groups is 1. The highest BCUT2D eigenvalue weighted by atomic mass is 16.6. The van der Waals surface area contributed by atoms with Gasteiger partial charge in [-0.05, 0) is 20.8 Å². The van der Waals surface area contributed by atoms with Crippen molar-refractivity contribution in [2.45, 2.75) is 44.8 Å². The number of carboxylic acid groups (broad SMARTS) is 1. The third-order valence-electron chi connectivity index (χ3n) is 2.54. The Labute approximate surface area is 93.7 Å². The van der Waals surface area contributed by atoms with Gasteiger partial charge in [0.15, 0.2) is 5.60 Å². The number of carboxylic acids is 1. The molecule has 90 valence electrons. The summed E-state index contributed by atoms with van der Waals surface area (Å²) in [6, 6.07) is 0. The van der Waals surface area contributed by atoms with Crippen molar-refractivity contribution >= 4 is 11.9 Å². The number of carbonyl (C=O) groups excluding carboxylic acids is 1. The molecule has 0 bridgehead atoms. The van der Waals surface area contributed by atoms with Gasteiger partial charge in [-0.1, -0.05) is 5.57 Å². The van der Waals surface area contributed by atoms with Crippen LogP contribution in [0.15, 0.2) is 11.6 Å². The summed E-state index contributed by atoms with van der Waals surface area (Å²) in [5.74, 6) is -1.82. The molecular formula is C11H16O5. The molecule has 0 aliphatic carbocycles. The quantitative estimate of drug-likeness (QED) is 0.700. The molecule has 16 heavy (non-hydrogen) atoms. The molecule has 0 unspecified atom stereocenters. The molecule has 2 atom stereocenters. The summed E-state index contributed by atoms with van der Waals surface area (Å²) in [4.78, 5) is 22.0. The van der Waals surface area contributed by atoms with Gasteiger partial charge in [-0.25, -0.2) is 9.59 Å². The maximum Gasteiger partial charge on any atom is 0.335 e. The van der Waals surface area contributed by atoms with Gasteiger partial charge in [0.1, 0.15) is 5.60 Å². The normalized spacial score (nSPS) is 29.0. The Morgan fingerprint density at radius 3 is 2.69 bits per heavy atom. The van der Waals surface area contributed by atoms with Crippen LogP contribution in [0.5, 0.6) is 0 Å². The van der Waals surface area contributed by atoms with Gasteiger partial charge in [0.05, 0.1) is 0 Å². The average molecular weight is 228 g/mol. The highest BCUT2D eigenvalue weighted by Gasteiger charge is 2.43. The molecule has 0 aromatic heterocycles. The van der Waals surface area contributed by atoms with E-state index in [1.165, 1.54) is 13.0 Å². The van der Waals surface area contributed by atoms with Crippen molar-refractivity contribution in [1.29, 1.82) is 0 Å². The molecule has 1 heterocycles. The number of cyclic esters (lactones) is 1. The molecule has 0 amide bonds. The first kappa shape index (κ1) is 12.7. The number of ether oxygens (including phenoxy) is 1. The Balaban J connectivity index is 2.85. The van der Waals surface area contributed by atoms with Crippen LogP contribution in [-0.4, -0.2) is 33.4 Å². The molecule has 1 aliphatic rings. The van der Waals surface area contributed by atoms with E-state index in [2.05, 4.69) is 0 Å². The zero-order valence-corrected chi connectivity index (χ0v) is 9.61. The van der Waals surface area contributed by atoms with Gasteiger partial charge in [-0.2, -0.15) is 0 Å². The molecule has 1 rings (SSSR count). The highest BCUT2D eigenvalue weighted by molar-refractivity contribution is 5.84. The minimum absolute atomic E-state index is 0.133. The van der Waals surface area contributed by atoms with Gasteiger partial charge in [0.2, 0.25) is 0 Å². The molecule has 0 fully saturated rings. The lowest BCUT2D eigenvalue weighted by molar-refractivity contribution is -0.173. The third-order valence-corrected chi connectivity index (χ3v) is 2.54. The van der Waals surface area contributed by atoms with Crippen LogP contribution in [0.1, 0.15) is 33.6 Å². The molecule has 1 aliphatic heterocycles. The predicted molar refractivity (Wildman–Crippen MR) is 55.7 cm³/mol. The maximum absolute atomic E-state index is 11.2. The molecule has 5 nitrogen and oxygen atoms in total. The Morgan fingerprint density at radius 2 is 2.25 bits per heavy atom. The molecule has 2 N–H and O–H groups in total. The summed E-state index contributed by atoms with van der Waals surface area (Å²) < 4.78 is 5.09. The number of carbonyl (C=O) groups is 2. The van der Waals surface area contributed by atoms with E-state index < -0.39 is 23.1 Å². The third kappa shape index (κ3) is 2.82. The lowest BCUT2D eigenvalue weighted by atomic mass is 9.84. The Bertz CT molecular complexity index is 355. The van der Waals surface area contributed by atoms with Crippen LogP contribution in [0.25, 0.3) is 0 Å². The predicted octanol–water partition coefficient (Wildman–Crippen LogP) is 0.864. The van der Waals surface area contributed by atoms with Gasteiger partial charge in [0, 0.05) is 18.9 Å². The number of hydrogen-bond acceptors (Lipinski definition) is 4. The monoisotopic (exact) mass is 228 g/mol. The molecule has 0 saturated heterocycles. The van der Waals surface area contributed by atoms with Crippen LogP contribution < -0.4 is 0 Å². The van der Waals surface area contributed by atoms with Crippen molar-refractivity contribution in [3.05, 3.63) is 11.6 Å². The van der Waals surface area contributed by atoms with E-state index in [-0.39, 0.29) is 6.42 Å². The summed E-state index contributed by atoms with van der Waals surface area (Å²) in [6.07, 6.45) is 1.67. The SMILES string of the molecule is CC1=CC(=O)O[C@](C)(C[C@](C)(O)C(=O)O)C1. The van der Waals surface area contributed by atoms with Crippen molar-refractivity contribution in [2.75, 3.05) is 0 Å². The maximum atomic E-state index is 11.2. The van der Waals surface area contributed by atoms with Crippen molar-refractivity contribution < 1.29 is 24.5 Å². The van der Waals surface area contributed by atoms with E-state index in [9.17, 15) is 14.7 Å². The van der Waals surface area contributed by atoms with Crippen molar-refractivity contribution in [3.8, 4) is 0 Å². The van der Waals surface area contributed by atoms with Gasteiger partial charge in [0.25, 0.3) is 0 Å². The Kier molecular flexibility index (Phi) is 3.10. The van der Waals surface area contributed by atoms with Crippen molar-refractivity contribution in [1.82, 2.24) is 0 Å². The molecule has 0 radical (unpaired) electrons. The van der Waals surface area contributed by atoms with Gasteiger partial charge < -0.3 is 14.9 Å². The van der Waals surface area contributed by atoms with E-state index in [1.807, 2.05) is 0 Å². The second-order valence-electron chi connectivity index (χ2n) is 4.79. The lowest BCUT2D eigenvalue weighted by Gasteiger charge is -2.36. The van der Waals surface area contributed by atoms with Crippen LogP contribution in [0.2, 0.25) is 0 Å². The Morgan fingerprint density at radius 1 is 1.69 bits per heavy atom. The topological polar surface area (TPSA) is 83.8 Å². The largest absolute Gasteiger partial charge is 0.479 e. The highest BCUT2D eigenvalue weighted by Crippen LogP contribution is 2.33. The fourth-order valence-electron chi connectivity index (χ4n) is 2.05. The first-order chi connectivity index (χ1) is 7.15. The van der Waals surface area contributed by atoms with Crippen LogP contribution in [0, 0.1) is 0 Å². The minimum Gasteiger partial charge on any atom is -0.479 e. The second kappa shape index (κ2) is 3.90. The molecule has 0 spiro atoms. The number of hydrogen-bond donors (Lipinski definition) is 2. The standard InChI is InChI=1S/C11H16O5/c1-7-4-8(12)16-10(2,5-7)6-11(3,15)9(13)14/h4,15H,5-6H2,1-3H3,(H,13,14)/t10-,11-/m0/s1. The van der Waals surface area contributed by atoms with E-state index in [1.54, 1.807) is 13.8 Å². The average Bonchev–Trinajstić information content (AvgIpc) is 1.97. The number of esters is 1. The zero-order chi connectivity index (χ0) is 12.6. The van der Waals surface area contributed by atoms with Crippen LogP contribution in [-0.2, 0) is 14.3 Å². The summed E-state index contributed by atoms with van der Waals surface area (Å²) in [7, 11) is 0. The zero-order valence-electron chi connectivity index (χ0n) is 9.61. The summed E-state index contributed by atoms with van der Waals surface area (Å²) in [5.41, 5.74) is -2.04. The number of rotatable bonds is 3. The molecule has 0 aromatic rings. The van der Waals surface area contributed by atoms with Crippen molar-refractivity contribution in [3.63, 3.8) is 0 Å². The molecule has 0 aromatic carbocycles. The Hall–Kier alpha value is -1.36. The van der Waals surface area contributed by atoms with E-state index in [0.29, 0.717) is 6.42 Å². The van der Waals surface area contributed by atoms with Crippen molar-refractivity contribution in [2.24, 2.45) is 0 Å². The molecule has 0 saturated carbocycles. The van der Waals surface area contributed by atoms with Gasteiger partial charge >= 0.3 is 11.9 Å². The smallest absolute Gasteiger partial charge is 0.335 e. The molecule has 5 heteroatoms. The summed E-state index contributed by atoms with van der Waals surface area (Å²) in [5, 5.41) is 18.5. The first-order valence-corrected chi connectivity index (χ1v) is 5.01. The first-order valence-electron chi connectivity index (χ1n) is 5.01. The lowest BCUT2D eigenvalue weighted by Crippen LogP contribution is -2.46. The van der Waals surface area contributed by atoms with Crippen LogP contribution in [0.3, 0.4) is 0 Å². The van der Waals surface area contributed by atoms with E-state index >= 15 is 0 Å². The fourth-order valence-corrected chi connectivity index (χ4v) is 2.05. The van der Waals surface area contributed by atoms with Crippen LogP contribution >= 0.6 is 0 Å². The fraction of sp³-hybridized carbons (Fsp3) is 0.636.